The summed E-state index contributed by atoms with van der Waals surface area (Å²) < 4.78 is 10.9. The highest BCUT2D eigenvalue weighted by atomic mass is 16.5. The van der Waals surface area contributed by atoms with Gasteiger partial charge in [0.2, 0.25) is 11.8 Å². The van der Waals surface area contributed by atoms with Gasteiger partial charge in [-0.3, -0.25) is 19.3 Å². The topological polar surface area (TPSA) is 102 Å². The first-order chi connectivity index (χ1) is 14.1. The van der Waals surface area contributed by atoms with Gasteiger partial charge in [0.25, 0.3) is 11.8 Å². The summed E-state index contributed by atoms with van der Waals surface area (Å²) in [5.74, 6) is -0.779. The van der Waals surface area contributed by atoms with Crippen molar-refractivity contribution >= 4 is 17.7 Å². The monoisotopic (exact) mass is 396 g/mol. The van der Waals surface area contributed by atoms with Crippen LogP contribution in [0.1, 0.15) is 33.6 Å². The van der Waals surface area contributed by atoms with Crippen molar-refractivity contribution in [1.82, 2.24) is 19.8 Å². The highest BCUT2D eigenvalue weighted by Gasteiger charge is 2.37. The largest absolute Gasteiger partial charge is 0.472 e. The van der Waals surface area contributed by atoms with E-state index in [1.807, 2.05) is 0 Å². The third-order valence-corrected chi connectivity index (χ3v) is 4.98. The molecule has 1 atom stereocenters. The molecule has 0 saturated carbocycles. The fraction of sp³-hybridized carbons (Fsp3) is 0.350. The summed E-state index contributed by atoms with van der Waals surface area (Å²) >= 11 is 0. The van der Waals surface area contributed by atoms with E-state index >= 15 is 0 Å². The zero-order chi connectivity index (χ0) is 20.4. The van der Waals surface area contributed by atoms with Crippen molar-refractivity contribution in [3.05, 3.63) is 47.7 Å². The molecule has 0 radical (unpaired) electrons. The number of likely N-dealkylation sites (tertiary alicyclic amines) is 1. The van der Waals surface area contributed by atoms with Gasteiger partial charge in [-0.25, -0.2) is 4.98 Å². The summed E-state index contributed by atoms with van der Waals surface area (Å²) in [5, 5.41) is 0. The number of hydrogen-bond acceptors (Lipinski definition) is 7. The molecule has 1 fully saturated rings. The summed E-state index contributed by atoms with van der Waals surface area (Å²) in [4.78, 5) is 48.4. The van der Waals surface area contributed by atoms with Gasteiger partial charge in [-0.1, -0.05) is 12.1 Å². The maximum absolute atomic E-state index is 12.8. The summed E-state index contributed by atoms with van der Waals surface area (Å²) in [6, 6.07) is 8.43. The Balaban J connectivity index is 1.39. The molecule has 4 rings (SSSR count). The molecule has 150 valence electrons. The molecule has 1 aromatic carbocycles. The van der Waals surface area contributed by atoms with Crippen molar-refractivity contribution in [1.29, 1.82) is 0 Å². The van der Waals surface area contributed by atoms with E-state index in [2.05, 4.69) is 9.97 Å². The maximum atomic E-state index is 12.8. The second-order valence-electron chi connectivity index (χ2n) is 6.85. The molecule has 1 unspecified atom stereocenters. The zero-order valence-electron chi connectivity index (χ0n) is 15.9. The first kappa shape index (κ1) is 18.9. The number of hydrogen-bond donors (Lipinski definition) is 0. The van der Waals surface area contributed by atoms with Gasteiger partial charge in [-0.05, 0) is 25.0 Å². The molecule has 3 heterocycles. The zero-order valence-corrected chi connectivity index (χ0v) is 15.9. The molecule has 0 N–H and O–H groups in total. The minimum Gasteiger partial charge on any atom is -0.472 e. The first-order valence-electron chi connectivity index (χ1n) is 9.33. The van der Waals surface area contributed by atoms with Gasteiger partial charge in [0.05, 0.1) is 24.8 Å². The van der Waals surface area contributed by atoms with Crippen LogP contribution in [-0.2, 0) is 4.79 Å². The van der Waals surface area contributed by atoms with Crippen molar-refractivity contribution < 1.29 is 23.9 Å². The van der Waals surface area contributed by atoms with Crippen molar-refractivity contribution in [3.8, 4) is 11.9 Å². The van der Waals surface area contributed by atoms with Crippen LogP contribution in [0.5, 0.6) is 11.9 Å². The number of amides is 3. The van der Waals surface area contributed by atoms with Crippen LogP contribution in [0.25, 0.3) is 0 Å². The van der Waals surface area contributed by atoms with Crippen molar-refractivity contribution in [3.63, 3.8) is 0 Å². The SMILES string of the molecule is COc1nccc(OC2CCCN(C(=O)CN3C(=O)c4ccccc4C3=O)C2)n1. The number of fused-ring (bicyclic) bond motifs is 1. The molecular formula is C20H20N4O5. The molecule has 2 aliphatic heterocycles. The predicted molar refractivity (Wildman–Crippen MR) is 101 cm³/mol. The van der Waals surface area contributed by atoms with Crippen molar-refractivity contribution in [2.45, 2.75) is 18.9 Å². The van der Waals surface area contributed by atoms with Crippen LogP contribution in [0.15, 0.2) is 36.5 Å². The molecule has 0 bridgehead atoms. The van der Waals surface area contributed by atoms with Crippen LogP contribution in [0.4, 0.5) is 0 Å². The van der Waals surface area contributed by atoms with Crippen LogP contribution in [0.2, 0.25) is 0 Å². The van der Waals surface area contributed by atoms with Crippen LogP contribution in [-0.4, -0.2) is 70.3 Å². The number of carbonyl (C=O) groups is 3. The number of piperidine rings is 1. The Morgan fingerprint density at radius 2 is 1.90 bits per heavy atom. The molecule has 2 aromatic rings. The Kier molecular flexibility index (Phi) is 5.11. The third kappa shape index (κ3) is 3.75. The Labute approximate surface area is 167 Å². The Morgan fingerprint density at radius 3 is 2.59 bits per heavy atom. The maximum Gasteiger partial charge on any atom is 0.319 e. The number of ether oxygens (including phenoxy) is 2. The van der Waals surface area contributed by atoms with Gasteiger partial charge >= 0.3 is 6.01 Å². The minimum absolute atomic E-state index is 0.205. The van der Waals surface area contributed by atoms with Gasteiger partial charge in [0, 0.05) is 18.8 Å². The first-order valence-corrected chi connectivity index (χ1v) is 9.33. The quantitative estimate of drug-likeness (QED) is 0.699. The lowest BCUT2D eigenvalue weighted by molar-refractivity contribution is -0.134. The van der Waals surface area contributed by atoms with E-state index in [1.54, 1.807) is 35.2 Å². The minimum atomic E-state index is -0.433. The highest BCUT2D eigenvalue weighted by Crippen LogP contribution is 2.23. The fourth-order valence-corrected chi connectivity index (χ4v) is 3.54. The average Bonchev–Trinajstić information content (AvgIpc) is 2.99. The molecule has 1 aromatic heterocycles. The number of aromatic nitrogens is 2. The second-order valence-corrected chi connectivity index (χ2v) is 6.85. The van der Waals surface area contributed by atoms with Crippen molar-refractivity contribution in [2.75, 3.05) is 26.7 Å². The lowest BCUT2D eigenvalue weighted by Crippen LogP contribution is -2.49. The van der Waals surface area contributed by atoms with E-state index in [9.17, 15) is 14.4 Å². The van der Waals surface area contributed by atoms with E-state index < -0.39 is 11.8 Å². The van der Waals surface area contributed by atoms with E-state index in [0.717, 1.165) is 17.7 Å². The molecule has 0 spiro atoms. The standard InChI is InChI=1S/C20H20N4O5/c1-28-20-21-9-8-16(22-20)29-13-5-4-10-23(11-13)17(25)12-24-18(26)14-6-2-3-7-15(14)19(24)27/h2-3,6-9,13H,4-5,10-12H2,1H3. The van der Waals surface area contributed by atoms with Crippen LogP contribution in [0, 0.1) is 0 Å². The number of nitrogens with zero attached hydrogens (tertiary/aromatic N) is 4. The lowest BCUT2D eigenvalue weighted by Gasteiger charge is -2.33. The number of imide groups is 1. The van der Waals surface area contributed by atoms with Crippen LogP contribution < -0.4 is 9.47 Å². The summed E-state index contributed by atoms with van der Waals surface area (Å²) in [6.45, 7) is 0.629. The van der Waals surface area contributed by atoms with E-state index in [-0.39, 0.29) is 24.6 Å². The molecule has 3 amide bonds. The Morgan fingerprint density at radius 1 is 1.17 bits per heavy atom. The summed E-state index contributed by atoms with van der Waals surface area (Å²) in [7, 11) is 1.47. The molecule has 9 nitrogen and oxygen atoms in total. The van der Waals surface area contributed by atoms with Crippen LogP contribution in [0.3, 0.4) is 0 Å². The molecule has 0 aliphatic carbocycles. The van der Waals surface area contributed by atoms with Gasteiger partial charge < -0.3 is 14.4 Å². The fourth-order valence-electron chi connectivity index (χ4n) is 3.54. The summed E-state index contributed by atoms with van der Waals surface area (Å²) in [5.41, 5.74) is 0.672. The lowest BCUT2D eigenvalue weighted by atomic mass is 10.1. The van der Waals surface area contributed by atoms with Gasteiger partial charge in [0.15, 0.2) is 0 Å². The van der Waals surface area contributed by atoms with Gasteiger partial charge in [0.1, 0.15) is 12.6 Å². The number of methoxy groups -OCH3 is 1. The Hall–Kier alpha value is -3.49. The smallest absolute Gasteiger partial charge is 0.319 e. The second kappa shape index (κ2) is 7.86. The van der Waals surface area contributed by atoms with Crippen LogP contribution >= 0.6 is 0 Å². The summed E-state index contributed by atoms with van der Waals surface area (Å²) in [6.07, 6.45) is 2.81. The van der Waals surface area contributed by atoms with E-state index in [4.69, 9.17) is 9.47 Å². The number of carbonyl (C=O) groups excluding carboxylic acids is 3. The number of rotatable bonds is 5. The van der Waals surface area contributed by atoms with Gasteiger partial charge in [-0.15, -0.1) is 0 Å². The molecule has 29 heavy (non-hydrogen) atoms. The molecule has 9 heteroatoms. The van der Waals surface area contributed by atoms with Crippen molar-refractivity contribution in [2.24, 2.45) is 0 Å². The third-order valence-electron chi connectivity index (χ3n) is 4.98. The number of benzene rings is 1. The molecule has 1 saturated heterocycles. The molecule has 2 aliphatic rings. The average molecular weight is 396 g/mol. The highest BCUT2D eigenvalue weighted by molar-refractivity contribution is 6.22. The van der Waals surface area contributed by atoms with E-state index in [1.165, 1.54) is 13.3 Å². The normalized spacial score (nSPS) is 18.6. The predicted octanol–water partition coefficient (Wildman–Crippen LogP) is 1.15. The Bertz CT molecular complexity index is 928. The molecular weight excluding hydrogens is 376 g/mol. The van der Waals surface area contributed by atoms with Gasteiger partial charge in [-0.2, -0.15) is 4.98 Å². The van der Waals surface area contributed by atoms with E-state index in [0.29, 0.717) is 30.1 Å².